The summed E-state index contributed by atoms with van der Waals surface area (Å²) in [6.07, 6.45) is 2.79. The third-order valence-corrected chi connectivity index (χ3v) is 4.01. The summed E-state index contributed by atoms with van der Waals surface area (Å²) in [5.41, 5.74) is 0.948. The van der Waals surface area contributed by atoms with Crippen molar-refractivity contribution in [3.63, 3.8) is 0 Å². The van der Waals surface area contributed by atoms with Gasteiger partial charge in [-0.05, 0) is 13.0 Å². The fourth-order valence-electron chi connectivity index (χ4n) is 2.38. The topological polar surface area (TPSA) is 97.4 Å². The normalized spacial score (nSPS) is 16.6. The van der Waals surface area contributed by atoms with Crippen molar-refractivity contribution in [2.75, 3.05) is 36.9 Å². The van der Waals surface area contributed by atoms with E-state index in [4.69, 9.17) is 21.1 Å². The molecule has 0 bridgehead atoms. The number of hydrogen-bond donors (Lipinski definition) is 3. The van der Waals surface area contributed by atoms with E-state index in [0.717, 1.165) is 18.3 Å². The van der Waals surface area contributed by atoms with Gasteiger partial charge in [-0.15, -0.1) is 0 Å². The first-order valence-corrected chi connectivity index (χ1v) is 8.70. The van der Waals surface area contributed by atoms with E-state index in [1.807, 2.05) is 0 Å². The molecule has 0 spiro atoms. The van der Waals surface area contributed by atoms with Crippen LogP contribution in [0.3, 0.4) is 0 Å². The molecule has 144 valence electrons. The van der Waals surface area contributed by atoms with Crippen molar-refractivity contribution in [1.82, 2.24) is 15.3 Å². The van der Waals surface area contributed by atoms with Crippen LogP contribution in [0.25, 0.3) is 0 Å². The number of urea groups is 1. The minimum Gasteiger partial charge on any atom is -0.489 e. The van der Waals surface area contributed by atoms with Gasteiger partial charge in [-0.3, -0.25) is 10.3 Å². The highest BCUT2D eigenvalue weighted by atomic mass is 35.5. The number of nitrogens with one attached hydrogen (secondary N) is 3. The number of nitrogens with zero attached hydrogens (tertiary/aromatic N) is 2. The molecule has 0 saturated carbocycles. The van der Waals surface area contributed by atoms with E-state index in [0.29, 0.717) is 13.2 Å². The van der Waals surface area contributed by atoms with Gasteiger partial charge in [0.15, 0.2) is 5.82 Å². The molecule has 27 heavy (non-hydrogen) atoms. The number of aryl methyl sites for hydroxylation is 1. The Kier molecular flexibility index (Phi) is 6.38. The van der Waals surface area contributed by atoms with Crippen molar-refractivity contribution in [2.45, 2.75) is 13.0 Å². The molecule has 1 aromatic heterocycles. The van der Waals surface area contributed by atoms with Gasteiger partial charge in [0.05, 0.1) is 35.4 Å². The van der Waals surface area contributed by atoms with Crippen molar-refractivity contribution in [1.29, 1.82) is 0 Å². The van der Waals surface area contributed by atoms with E-state index >= 15 is 0 Å². The molecule has 1 fully saturated rings. The van der Waals surface area contributed by atoms with Gasteiger partial charge in [0.1, 0.15) is 24.3 Å². The van der Waals surface area contributed by atoms with Crippen LogP contribution in [0, 0.1) is 12.7 Å². The van der Waals surface area contributed by atoms with E-state index in [2.05, 4.69) is 25.9 Å². The zero-order valence-electron chi connectivity index (χ0n) is 14.6. The molecule has 0 radical (unpaired) electrons. The number of rotatable bonds is 5. The molecule has 1 saturated heterocycles. The van der Waals surface area contributed by atoms with Crippen LogP contribution in [0.2, 0.25) is 5.02 Å². The summed E-state index contributed by atoms with van der Waals surface area (Å²) in [6, 6.07) is 1.82. The van der Waals surface area contributed by atoms with Crippen LogP contribution in [0.5, 0.6) is 5.75 Å². The van der Waals surface area contributed by atoms with Crippen molar-refractivity contribution >= 4 is 29.1 Å². The summed E-state index contributed by atoms with van der Waals surface area (Å²) in [7, 11) is 0. The number of benzene rings is 1. The van der Waals surface area contributed by atoms with Crippen molar-refractivity contribution < 1.29 is 18.7 Å². The van der Waals surface area contributed by atoms with Crippen molar-refractivity contribution in [3.05, 3.63) is 41.1 Å². The van der Waals surface area contributed by atoms with Crippen LogP contribution < -0.4 is 20.7 Å². The highest BCUT2D eigenvalue weighted by Crippen LogP contribution is 2.31. The molecular weight excluding hydrogens is 377 g/mol. The molecular formula is C17H19ClFN5O3. The van der Waals surface area contributed by atoms with Gasteiger partial charge in [0, 0.05) is 19.2 Å². The molecule has 0 aliphatic carbocycles. The summed E-state index contributed by atoms with van der Waals surface area (Å²) in [6.45, 7) is 3.97. The summed E-state index contributed by atoms with van der Waals surface area (Å²) < 4.78 is 25.0. The van der Waals surface area contributed by atoms with E-state index < -0.39 is 11.8 Å². The van der Waals surface area contributed by atoms with E-state index in [9.17, 15) is 9.18 Å². The molecule has 1 aliphatic heterocycles. The standard InChI is InChI=1S/C17H19ClFN5O3/c1-10-6-22-16(8-21-10)24-17(25)23-14-4-12(18)13(19)5-15(14)27-9-11-7-20-2-3-26-11/h4-6,8,11,20H,2-3,7,9H2,1H3,(H2,22,23,24,25)/t11-/m0/s1. The Balaban J connectivity index is 1.67. The smallest absolute Gasteiger partial charge is 0.325 e. The van der Waals surface area contributed by atoms with Gasteiger partial charge < -0.3 is 20.1 Å². The van der Waals surface area contributed by atoms with Crippen LogP contribution in [0.4, 0.5) is 20.7 Å². The molecule has 1 aliphatic rings. The predicted octanol–water partition coefficient (Wildman–Crippen LogP) is 2.59. The summed E-state index contributed by atoms with van der Waals surface area (Å²) in [5.74, 6) is -0.226. The van der Waals surface area contributed by atoms with E-state index in [1.165, 1.54) is 18.5 Å². The molecule has 3 N–H and O–H groups in total. The second kappa shape index (κ2) is 8.94. The van der Waals surface area contributed by atoms with Crippen LogP contribution in [0.15, 0.2) is 24.5 Å². The Labute approximate surface area is 160 Å². The number of halogens is 2. The molecule has 1 aromatic carbocycles. The summed E-state index contributed by atoms with van der Waals surface area (Å²) in [4.78, 5) is 20.3. The molecule has 3 rings (SSSR count). The summed E-state index contributed by atoms with van der Waals surface area (Å²) in [5, 5.41) is 8.15. The average molecular weight is 396 g/mol. The second-order valence-corrected chi connectivity index (χ2v) is 6.30. The third-order valence-electron chi connectivity index (χ3n) is 3.72. The highest BCUT2D eigenvalue weighted by molar-refractivity contribution is 6.31. The lowest BCUT2D eigenvalue weighted by atomic mass is 10.2. The van der Waals surface area contributed by atoms with Crippen LogP contribution in [-0.2, 0) is 4.74 Å². The number of morpholine rings is 1. The third kappa shape index (κ3) is 5.49. The fourth-order valence-corrected chi connectivity index (χ4v) is 2.55. The summed E-state index contributed by atoms with van der Waals surface area (Å²) >= 11 is 5.84. The largest absolute Gasteiger partial charge is 0.489 e. The molecule has 0 unspecified atom stereocenters. The second-order valence-electron chi connectivity index (χ2n) is 5.89. The van der Waals surface area contributed by atoms with Crippen LogP contribution in [0.1, 0.15) is 5.69 Å². The Hall–Kier alpha value is -2.49. The van der Waals surface area contributed by atoms with Gasteiger partial charge in [0.2, 0.25) is 0 Å². The quantitative estimate of drug-likeness (QED) is 0.720. The number of carbonyl (C=O) groups is 1. The Bertz CT molecular complexity index is 800. The average Bonchev–Trinajstić information content (AvgIpc) is 2.66. The number of carbonyl (C=O) groups excluding carboxylic acids is 1. The Morgan fingerprint density at radius 2 is 2.26 bits per heavy atom. The van der Waals surface area contributed by atoms with Crippen LogP contribution in [-0.4, -0.2) is 48.4 Å². The van der Waals surface area contributed by atoms with Gasteiger partial charge >= 0.3 is 6.03 Å². The predicted molar refractivity (Wildman–Crippen MR) is 98.9 cm³/mol. The minimum absolute atomic E-state index is 0.136. The van der Waals surface area contributed by atoms with Gasteiger partial charge in [-0.1, -0.05) is 11.6 Å². The van der Waals surface area contributed by atoms with E-state index in [1.54, 1.807) is 6.92 Å². The first-order valence-electron chi connectivity index (χ1n) is 8.32. The van der Waals surface area contributed by atoms with Gasteiger partial charge in [-0.25, -0.2) is 14.2 Å². The lowest BCUT2D eigenvalue weighted by Crippen LogP contribution is -2.41. The maximum absolute atomic E-state index is 13.8. The maximum atomic E-state index is 13.8. The first kappa shape index (κ1) is 19.3. The number of hydrogen-bond acceptors (Lipinski definition) is 6. The molecule has 1 atom stereocenters. The number of ether oxygens (including phenoxy) is 2. The first-order chi connectivity index (χ1) is 13.0. The monoisotopic (exact) mass is 395 g/mol. The number of aromatic nitrogens is 2. The van der Waals surface area contributed by atoms with Crippen LogP contribution >= 0.6 is 11.6 Å². The lowest BCUT2D eigenvalue weighted by Gasteiger charge is -2.24. The van der Waals surface area contributed by atoms with Gasteiger partial charge in [0.25, 0.3) is 0 Å². The van der Waals surface area contributed by atoms with Gasteiger partial charge in [-0.2, -0.15) is 0 Å². The molecule has 10 heteroatoms. The van der Waals surface area contributed by atoms with Crippen molar-refractivity contribution in [3.8, 4) is 5.75 Å². The zero-order valence-corrected chi connectivity index (χ0v) is 15.3. The molecule has 2 amide bonds. The minimum atomic E-state index is -0.648. The maximum Gasteiger partial charge on any atom is 0.325 e. The molecule has 2 heterocycles. The zero-order chi connectivity index (χ0) is 19.2. The number of anilines is 2. The molecule has 8 nitrogen and oxygen atoms in total. The Morgan fingerprint density at radius 3 is 2.96 bits per heavy atom. The fraction of sp³-hybridized carbons (Fsp3) is 0.353. The lowest BCUT2D eigenvalue weighted by molar-refractivity contribution is 0.000295. The molecule has 2 aromatic rings. The van der Waals surface area contributed by atoms with Crippen molar-refractivity contribution in [2.24, 2.45) is 0 Å². The highest BCUT2D eigenvalue weighted by Gasteiger charge is 2.17. The number of amides is 2. The SMILES string of the molecule is Cc1cnc(NC(=O)Nc2cc(Cl)c(F)cc2OC[C@@H]2CNCCO2)cn1. The Morgan fingerprint density at radius 1 is 1.41 bits per heavy atom. The van der Waals surface area contributed by atoms with E-state index in [-0.39, 0.29) is 35.0 Å².